The van der Waals surface area contributed by atoms with Gasteiger partial charge in [-0.2, -0.15) is 0 Å². The smallest absolute Gasteiger partial charge is 0.159 e. The third-order valence-electron chi connectivity index (χ3n) is 12.1. The third kappa shape index (κ3) is 5.98. The van der Waals surface area contributed by atoms with Gasteiger partial charge in [0.05, 0.1) is 5.69 Å². The highest BCUT2D eigenvalue weighted by molar-refractivity contribution is 6.11. The molecular weight excluding hydrogens is 743 g/mol. The number of para-hydroxylation sites is 3. The molecule has 0 saturated heterocycles. The van der Waals surface area contributed by atoms with E-state index in [0.717, 1.165) is 94.3 Å². The van der Waals surface area contributed by atoms with Gasteiger partial charge < -0.3 is 13.7 Å². The summed E-state index contributed by atoms with van der Waals surface area (Å²) in [6, 6.07) is 79.8. The summed E-state index contributed by atoms with van der Waals surface area (Å²) in [7, 11) is 0. The molecule has 0 aliphatic carbocycles. The summed E-state index contributed by atoms with van der Waals surface area (Å²) < 4.78 is 13.1. The molecule has 0 fully saturated rings. The van der Waals surface area contributed by atoms with Crippen LogP contribution in [0.3, 0.4) is 0 Å². The molecule has 0 amide bonds. The topological polar surface area (TPSA) is 29.5 Å². The largest absolute Gasteiger partial charge is 0.455 e. The molecule has 0 spiro atoms. The second-order valence-electron chi connectivity index (χ2n) is 15.6. The van der Waals surface area contributed by atoms with Gasteiger partial charge in [0.15, 0.2) is 5.58 Å². The van der Waals surface area contributed by atoms with Gasteiger partial charge in [-0.1, -0.05) is 176 Å². The SMILES string of the molecule is c1ccc(-c2cccc3c2oc2ccc(-c4ccc(-c5ccc(N(c6ccc(-c7cccc8ccccc78)cc6)c6cccc7c6oc6ccccc67)cc5)cc4)cc23)cc1. The summed E-state index contributed by atoms with van der Waals surface area (Å²) in [5, 5.41) is 6.94. The van der Waals surface area contributed by atoms with Crippen LogP contribution in [0.1, 0.15) is 0 Å². The quantitative estimate of drug-likeness (QED) is 0.161. The Balaban J connectivity index is 0.892. The standard InChI is InChI=1S/C58H37NO2/c1-2-11-42(12-3-1)49-18-9-19-52-53-37-44(31-36-56(53)60-57(49)52)40-25-23-38(24-26-40)39-27-32-45(33-28-39)59(54-21-10-20-51-50-16-6-7-22-55(50)61-58(51)54)46-34-29-43(30-35-46)48-17-8-14-41-13-4-5-15-47(41)48/h1-37H. The monoisotopic (exact) mass is 779 g/mol. The van der Waals surface area contributed by atoms with Crippen LogP contribution in [0.4, 0.5) is 17.1 Å². The fourth-order valence-corrected chi connectivity index (χ4v) is 9.08. The Morgan fingerprint density at radius 3 is 1.54 bits per heavy atom. The molecule has 0 N–H and O–H groups in total. The van der Waals surface area contributed by atoms with Crippen LogP contribution in [0.2, 0.25) is 0 Å². The van der Waals surface area contributed by atoms with E-state index in [9.17, 15) is 0 Å². The average molecular weight is 780 g/mol. The van der Waals surface area contributed by atoms with E-state index in [-0.39, 0.29) is 0 Å². The van der Waals surface area contributed by atoms with Crippen molar-refractivity contribution < 1.29 is 8.83 Å². The fraction of sp³-hybridized carbons (Fsp3) is 0. The van der Waals surface area contributed by atoms with Crippen LogP contribution in [0.25, 0.3) is 99.2 Å². The molecule has 0 aliphatic heterocycles. The summed E-state index contributed by atoms with van der Waals surface area (Å²) in [4.78, 5) is 2.31. The predicted molar refractivity (Wildman–Crippen MR) is 255 cm³/mol. The Bertz CT molecular complexity index is 3560. The zero-order valence-corrected chi connectivity index (χ0v) is 33.1. The first-order valence-corrected chi connectivity index (χ1v) is 20.7. The molecule has 61 heavy (non-hydrogen) atoms. The molecule has 0 unspecified atom stereocenters. The van der Waals surface area contributed by atoms with Crippen LogP contribution in [0.5, 0.6) is 0 Å². The minimum Gasteiger partial charge on any atom is -0.455 e. The van der Waals surface area contributed by atoms with Gasteiger partial charge in [0, 0.05) is 38.5 Å². The molecule has 0 bridgehead atoms. The first-order valence-electron chi connectivity index (χ1n) is 20.7. The first kappa shape index (κ1) is 34.9. The van der Waals surface area contributed by atoms with E-state index in [4.69, 9.17) is 8.83 Å². The van der Waals surface area contributed by atoms with E-state index in [1.807, 2.05) is 18.2 Å². The van der Waals surface area contributed by atoms with Crippen molar-refractivity contribution in [3.05, 3.63) is 224 Å². The molecule has 12 aromatic rings. The van der Waals surface area contributed by atoms with Crippen molar-refractivity contribution in [1.29, 1.82) is 0 Å². The van der Waals surface area contributed by atoms with Crippen molar-refractivity contribution in [2.75, 3.05) is 4.90 Å². The van der Waals surface area contributed by atoms with Crippen LogP contribution in [0.15, 0.2) is 233 Å². The zero-order chi connectivity index (χ0) is 40.3. The van der Waals surface area contributed by atoms with Crippen LogP contribution < -0.4 is 4.90 Å². The molecule has 0 saturated carbocycles. The van der Waals surface area contributed by atoms with Gasteiger partial charge >= 0.3 is 0 Å². The zero-order valence-electron chi connectivity index (χ0n) is 33.1. The maximum atomic E-state index is 6.61. The lowest BCUT2D eigenvalue weighted by Gasteiger charge is -2.26. The maximum Gasteiger partial charge on any atom is 0.159 e. The average Bonchev–Trinajstić information content (AvgIpc) is 3.91. The first-order chi connectivity index (χ1) is 30.2. The molecule has 0 aliphatic rings. The van der Waals surface area contributed by atoms with Gasteiger partial charge in [0.1, 0.15) is 16.7 Å². The second-order valence-corrected chi connectivity index (χ2v) is 15.6. The summed E-state index contributed by atoms with van der Waals surface area (Å²) in [6.45, 7) is 0. The lowest BCUT2D eigenvalue weighted by Crippen LogP contribution is -2.10. The minimum absolute atomic E-state index is 0.861. The number of benzene rings is 10. The van der Waals surface area contributed by atoms with E-state index in [1.54, 1.807) is 0 Å². The summed E-state index contributed by atoms with van der Waals surface area (Å²) in [6.07, 6.45) is 0. The number of rotatable bonds is 7. The molecule has 286 valence electrons. The second kappa shape index (κ2) is 14.3. The molecular formula is C58H37NO2. The van der Waals surface area contributed by atoms with E-state index in [1.165, 1.54) is 21.9 Å². The van der Waals surface area contributed by atoms with Gasteiger partial charge in [-0.3, -0.25) is 0 Å². The van der Waals surface area contributed by atoms with E-state index < -0.39 is 0 Å². The van der Waals surface area contributed by atoms with Crippen molar-refractivity contribution in [1.82, 2.24) is 0 Å². The van der Waals surface area contributed by atoms with Gasteiger partial charge in [-0.25, -0.2) is 0 Å². The molecule has 2 heterocycles. The number of furan rings is 2. The molecule has 0 atom stereocenters. The van der Waals surface area contributed by atoms with E-state index in [2.05, 4.69) is 211 Å². The summed E-state index contributed by atoms with van der Waals surface area (Å²) >= 11 is 0. The molecule has 3 nitrogen and oxygen atoms in total. The van der Waals surface area contributed by atoms with Gasteiger partial charge in [-0.15, -0.1) is 0 Å². The van der Waals surface area contributed by atoms with Crippen molar-refractivity contribution in [3.63, 3.8) is 0 Å². The Labute approximate surface area is 353 Å². The van der Waals surface area contributed by atoms with Crippen molar-refractivity contribution in [3.8, 4) is 44.5 Å². The molecule has 3 heteroatoms. The van der Waals surface area contributed by atoms with Crippen LogP contribution in [0, 0.1) is 0 Å². The Hall–Kier alpha value is -8.14. The molecule has 10 aromatic carbocycles. The van der Waals surface area contributed by atoms with Gasteiger partial charge in [0.25, 0.3) is 0 Å². The third-order valence-corrected chi connectivity index (χ3v) is 12.1. The number of anilines is 3. The predicted octanol–water partition coefficient (Wildman–Crippen LogP) is 16.8. The fourth-order valence-electron chi connectivity index (χ4n) is 9.08. The van der Waals surface area contributed by atoms with Crippen molar-refractivity contribution >= 4 is 71.7 Å². The summed E-state index contributed by atoms with van der Waals surface area (Å²) in [5.41, 5.74) is 15.9. The highest BCUT2D eigenvalue weighted by Gasteiger charge is 2.20. The van der Waals surface area contributed by atoms with E-state index >= 15 is 0 Å². The normalized spacial score (nSPS) is 11.6. The minimum atomic E-state index is 0.861. The van der Waals surface area contributed by atoms with Crippen LogP contribution in [-0.2, 0) is 0 Å². The number of hydrogen-bond donors (Lipinski definition) is 0. The number of hydrogen-bond acceptors (Lipinski definition) is 3. The van der Waals surface area contributed by atoms with E-state index in [0.29, 0.717) is 0 Å². The lowest BCUT2D eigenvalue weighted by molar-refractivity contribution is 0.669. The number of fused-ring (bicyclic) bond motifs is 7. The van der Waals surface area contributed by atoms with Gasteiger partial charge in [0.2, 0.25) is 0 Å². The van der Waals surface area contributed by atoms with Crippen LogP contribution >= 0.6 is 0 Å². The van der Waals surface area contributed by atoms with Crippen LogP contribution in [-0.4, -0.2) is 0 Å². The maximum absolute atomic E-state index is 6.61. The Morgan fingerprint density at radius 1 is 0.279 bits per heavy atom. The molecule has 2 aromatic heterocycles. The van der Waals surface area contributed by atoms with Gasteiger partial charge in [-0.05, 0) is 98.2 Å². The highest BCUT2D eigenvalue weighted by atomic mass is 16.3. The lowest BCUT2D eigenvalue weighted by atomic mass is 9.97. The van der Waals surface area contributed by atoms with Crippen molar-refractivity contribution in [2.24, 2.45) is 0 Å². The molecule has 12 rings (SSSR count). The summed E-state index contributed by atoms with van der Waals surface area (Å²) in [5.74, 6) is 0. The van der Waals surface area contributed by atoms with Crippen molar-refractivity contribution in [2.45, 2.75) is 0 Å². The Morgan fingerprint density at radius 2 is 0.770 bits per heavy atom. The highest BCUT2D eigenvalue weighted by Crippen LogP contribution is 2.44. The Kier molecular flexibility index (Phi) is 8.17. The number of nitrogens with zero attached hydrogens (tertiary/aromatic N) is 1. The molecule has 0 radical (unpaired) electrons.